The number of nitrogens with zero attached hydrogens (tertiary/aromatic N) is 3. The summed E-state index contributed by atoms with van der Waals surface area (Å²) < 4.78 is 2.28. The summed E-state index contributed by atoms with van der Waals surface area (Å²) in [5, 5.41) is 3.72. The van der Waals surface area contributed by atoms with Gasteiger partial charge in [0.2, 0.25) is 0 Å². The van der Waals surface area contributed by atoms with Crippen LogP contribution in [-0.4, -0.2) is 45.7 Å². The number of hydrogen-bond donors (Lipinski definition) is 1. The Morgan fingerprint density at radius 1 is 1.30 bits per heavy atom. The average Bonchev–Trinajstić information content (AvgIpc) is 2.87. The van der Waals surface area contributed by atoms with Gasteiger partial charge in [0.1, 0.15) is 5.82 Å². The van der Waals surface area contributed by atoms with Crippen molar-refractivity contribution in [3.8, 4) is 0 Å². The molecule has 1 aromatic rings. The predicted octanol–water partition coefficient (Wildman–Crippen LogP) is 2.19. The largest absolute Gasteiger partial charge is 0.334 e. The maximum absolute atomic E-state index is 4.33. The number of aromatic nitrogens is 2. The SMILES string of the molecule is Cc1nccn1CCN1CC(C)NCC12CCCCC2. The van der Waals surface area contributed by atoms with Crippen LogP contribution in [0.15, 0.2) is 12.4 Å². The molecule has 1 aliphatic heterocycles. The van der Waals surface area contributed by atoms with Gasteiger partial charge < -0.3 is 9.88 Å². The molecule has 112 valence electrons. The Morgan fingerprint density at radius 2 is 2.10 bits per heavy atom. The maximum atomic E-state index is 4.33. The fourth-order valence-corrected chi connectivity index (χ4v) is 3.96. The smallest absolute Gasteiger partial charge is 0.105 e. The third-order valence-corrected chi connectivity index (χ3v) is 5.26. The molecule has 1 spiro atoms. The molecule has 20 heavy (non-hydrogen) atoms. The summed E-state index contributed by atoms with van der Waals surface area (Å²) in [6.45, 7) is 9.00. The lowest BCUT2D eigenvalue weighted by atomic mass is 9.78. The van der Waals surface area contributed by atoms with Gasteiger partial charge in [-0.3, -0.25) is 4.90 Å². The van der Waals surface area contributed by atoms with Gasteiger partial charge in [0.15, 0.2) is 0 Å². The molecule has 2 heterocycles. The number of nitrogens with one attached hydrogen (secondary N) is 1. The van der Waals surface area contributed by atoms with Gasteiger partial charge in [0.25, 0.3) is 0 Å². The zero-order chi connectivity index (χ0) is 14.0. The standard InChI is InChI=1S/C16H28N4/c1-14-12-20(11-10-19-9-8-17-15(19)2)16(13-18-14)6-4-3-5-7-16/h8-9,14,18H,3-7,10-13H2,1-2H3. The van der Waals surface area contributed by atoms with E-state index < -0.39 is 0 Å². The molecule has 2 fully saturated rings. The minimum absolute atomic E-state index is 0.430. The zero-order valence-electron chi connectivity index (χ0n) is 12.9. The summed E-state index contributed by atoms with van der Waals surface area (Å²) in [5.74, 6) is 1.13. The molecule has 1 N–H and O–H groups in total. The summed E-state index contributed by atoms with van der Waals surface area (Å²) in [4.78, 5) is 7.10. The van der Waals surface area contributed by atoms with Crippen LogP contribution in [0.25, 0.3) is 0 Å². The van der Waals surface area contributed by atoms with Gasteiger partial charge in [-0.15, -0.1) is 0 Å². The van der Waals surface area contributed by atoms with Gasteiger partial charge in [-0.1, -0.05) is 19.3 Å². The molecular weight excluding hydrogens is 248 g/mol. The fourth-order valence-electron chi connectivity index (χ4n) is 3.96. The van der Waals surface area contributed by atoms with Crippen molar-refractivity contribution in [3.63, 3.8) is 0 Å². The van der Waals surface area contributed by atoms with Crippen molar-refractivity contribution in [1.29, 1.82) is 0 Å². The van der Waals surface area contributed by atoms with Crippen molar-refractivity contribution in [2.24, 2.45) is 0 Å². The first-order chi connectivity index (χ1) is 9.70. The number of piperazine rings is 1. The molecule has 1 saturated heterocycles. The van der Waals surface area contributed by atoms with Crippen molar-refractivity contribution in [2.75, 3.05) is 19.6 Å². The van der Waals surface area contributed by atoms with E-state index in [4.69, 9.17) is 0 Å². The molecular formula is C16H28N4. The first-order valence-corrected chi connectivity index (χ1v) is 8.16. The first-order valence-electron chi connectivity index (χ1n) is 8.16. The second-order valence-electron chi connectivity index (χ2n) is 6.68. The van der Waals surface area contributed by atoms with Crippen molar-refractivity contribution in [1.82, 2.24) is 19.8 Å². The lowest BCUT2D eigenvalue weighted by Crippen LogP contribution is -2.65. The van der Waals surface area contributed by atoms with E-state index in [1.54, 1.807) is 0 Å². The molecule has 3 rings (SSSR count). The van der Waals surface area contributed by atoms with Gasteiger partial charge >= 0.3 is 0 Å². The third-order valence-electron chi connectivity index (χ3n) is 5.26. The minimum Gasteiger partial charge on any atom is -0.334 e. The van der Waals surface area contributed by atoms with Crippen LogP contribution in [0.1, 0.15) is 44.9 Å². The van der Waals surface area contributed by atoms with Crippen LogP contribution in [0.5, 0.6) is 0 Å². The van der Waals surface area contributed by atoms with E-state index in [0.29, 0.717) is 11.6 Å². The number of hydrogen-bond acceptors (Lipinski definition) is 3. The fraction of sp³-hybridized carbons (Fsp3) is 0.812. The summed E-state index contributed by atoms with van der Waals surface area (Å²) in [5.41, 5.74) is 0.430. The Morgan fingerprint density at radius 3 is 2.80 bits per heavy atom. The van der Waals surface area contributed by atoms with Crippen LogP contribution in [-0.2, 0) is 6.54 Å². The van der Waals surface area contributed by atoms with Gasteiger partial charge in [0, 0.05) is 50.2 Å². The quantitative estimate of drug-likeness (QED) is 0.918. The lowest BCUT2D eigenvalue weighted by molar-refractivity contribution is 0.0103. The molecule has 2 aliphatic rings. The Bertz CT molecular complexity index is 433. The molecule has 0 amide bonds. The van der Waals surface area contributed by atoms with Gasteiger partial charge in [-0.05, 0) is 26.7 Å². The Hall–Kier alpha value is -0.870. The van der Waals surface area contributed by atoms with Crippen LogP contribution < -0.4 is 5.32 Å². The molecule has 1 unspecified atom stereocenters. The summed E-state index contributed by atoms with van der Waals surface area (Å²) in [6.07, 6.45) is 11.0. The second-order valence-corrected chi connectivity index (χ2v) is 6.68. The number of aryl methyl sites for hydroxylation is 1. The average molecular weight is 276 g/mol. The van der Waals surface area contributed by atoms with E-state index in [-0.39, 0.29) is 0 Å². The van der Waals surface area contributed by atoms with Crippen molar-refractivity contribution >= 4 is 0 Å². The molecule has 4 nitrogen and oxygen atoms in total. The monoisotopic (exact) mass is 276 g/mol. The van der Waals surface area contributed by atoms with Crippen LogP contribution in [0.3, 0.4) is 0 Å². The van der Waals surface area contributed by atoms with E-state index in [1.807, 2.05) is 6.20 Å². The van der Waals surface area contributed by atoms with E-state index in [1.165, 1.54) is 45.2 Å². The van der Waals surface area contributed by atoms with E-state index >= 15 is 0 Å². The van der Waals surface area contributed by atoms with Gasteiger partial charge in [-0.25, -0.2) is 4.98 Å². The third kappa shape index (κ3) is 2.77. The Kier molecular flexibility index (Phi) is 4.13. The molecule has 0 aromatic carbocycles. The summed E-state index contributed by atoms with van der Waals surface area (Å²) in [6, 6.07) is 0.617. The molecule has 1 saturated carbocycles. The molecule has 1 aliphatic carbocycles. The molecule has 1 aromatic heterocycles. The van der Waals surface area contributed by atoms with Crippen LogP contribution in [0, 0.1) is 6.92 Å². The van der Waals surface area contributed by atoms with E-state index in [9.17, 15) is 0 Å². The van der Waals surface area contributed by atoms with Crippen molar-refractivity contribution < 1.29 is 0 Å². The maximum Gasteiger partial charge on any atom is 0.105 e. The second kappa shape index (κ2) is 5.86. The van der Waals surface area contributed by atoms with Crippen LogP contribution >= 0.6 is 0 Å². The topological polar surface area (TPSA) is 33.1 Å². The molecule has 4 heteroatoms. The summed E-state index contributed by atoms with van der Waals surface area (Å²) >= 11 is 0. The van der Waals surface area contributed by atoms with Crippen LogP contribution in [0.4, 0.5) is 0 Å². The highest BCUT2D eigenvalue weighted by Gasteiger charge is 2.40. The zero-order valence-corrected chi connectivity index (χ0v) is 12.9. The summed E-state index contributed by atoms with van der Waals surface area (Å²) in [7, 11) is 0. The van der Waals surface area contributed by atoms with Gasteiger partial charge in [0.05, 0.1) is 0 Å². The highest BCUT2D eigenvalue weighted by molar-refractivity contribution is 5.00. The minimum atomic E-state index is 0.430. The van der Waals surface area contributed by atoms with E-state index in [0.717, 1.165) is 18.9 Å². The Balaban J connectivity index is 1.68. The molecule has 0 radical (unpaired) electrons. The van der Waals surface area contributed by atoms with E-state index in [2.05, 4.69) is 39.8 Å². The number of imidazole rings is 1. The highest BCUT2D eigenvalue weighted by Crippen LogP contribution is 2.35. The van der Waals surface area contributed by atoms with Crippen LogP contribution in [0.2, 0.25) is 0 Å². The number of rotatable bonds is 3. The normalized spacial score (nSPS) is 27.0. The Labute approximate surface area is 122 Å². The van der Waals surface area contributed by atoms with Crippen molar-refractivity contribution in [3.05, 3.63) is 18.2 Å². The highest BCUT2D eigenvalue weighted by atomic mass is 15.3. The lowest BCUT2D eigenvalue weighted by Gasteiger charge is -2.51. The molecule has 1 atom stereocenters. The van der Waals surface area contributed by atoms with Gasteiger partial charge in [-0.2, -0.15) is 0 Å². The van der Waals surface area contributed by atoms with Crippen molar-refractivity contribution in [2.45, 2.75) is 64.1 Å². The predicted molar refractivity (Wildman–Crippen MR) is 81.8 cm³/mol. The molecule has 0 bridgehead atoms. The first kappa shape index (κ1) is 14.1.